The summed E-state index contributed by atoms with van der Waals surface area (Å²) in [5.74, 6) is -4.71. The Kier molecular flexibility index (Phi) is 4.92. The van der Waals surface area contributed by atoms with Crippen LogP contribution >= 0.6 is 0 Å². The molecule has 0 saturated heterocycles. The molecule has 0 aromatic heterocycles. The topological polar surface area (TPSA) is 171 Å². The van der Waals surface area contributed by atoms with Crippen LogP contribution in [-0.2, 0) is 19.6 Å². The normalized spacial score (nSPS) is 21.8. The lowest BCUT2D eigenvalue weighted by Gasteiger charge is -2.05. The van der Waals surface area contributed by atoms with Crippen molar-refractivity contribution in [2.24, 2.45) is 16.5 Å². The number of carbonyl (C=O) groups is 2. The number of esters is 2. The van der Waals surface area contributed by atoms with E-state index in [0.29, 0.717) is 6.26 Å². The van der Waals surface area contributed by atoms with Gasteiger partial charge in [-0.05, 0) is 43.9 Å². The molecule has 0 aliphatic carbocycles. The van der Waals surface area contributed by atoms with E-state index in [1.165, 1.54) is 0 Å². The minimum absolute atomic E-state index is 0.392. The van der Waals surface area contributed by atoms with Crippen LogP contribution in [0.1, 0.15) is 61.9 Å². The average Bonchev–Trinajstić information content (AvgIpc) is 2.76. The number of guanidine groups is 1. The van der Waals surface area contributed by atoms with Gasteiger partial charge in [-0.15, -0.1) is 0 Å². The summed E-state index contributed by atoms with van der Waals surface area (Å²) < 4.78 is 141. The number of rotatable bonds is 9. The summed E-state index contributed by atoms with van der Waals surface area (Å²) in [5.41, 5.74) is 9.70. The maximum atomic E-state index is 12.5. The lowest BCUT2D eigenvalue weighted by Crippen LogP contribution is -2.22. The molecule has 11 heteroatoms. The second-order valence-corrected chi connectivity index (χ2v) is 5.81. The number of nitrogens with zero attached hydrogens (tertiary/aromatic N) is 1. The fourth-order valence-electron chi connectivity index (χ4n) is 1.15. The zero-order chi connectivity index (χ0) is 33.9. The average molecular weight is 432 g/mol. The second kappa shape index (κ2) is 13.5. The molecule has 0 aliphatic heterocycles. The van der Waals surface area contributed by atoms with Crippen molar-refractivity contribution in [2.45, 2.75) is 32.3 Å². The third kappa shape index (κ3) is 15.6. The molecule has 0 heterocycles. The maximum absolute atomic E-state index is 12.5. The largest absolute Gasteiger partial charge is 0.462 e. The standard InChI is InChI=1S/C16H23N3O4.CH4O3S/c1-2-22-15(21)12-7-9-13(10-8-12)23-14(20)6-4-3-5-11-19-16(17)18;1-5(2,3)4/h7-10H,2-6,11H2,1H3,(H4,17,18,19);1H3,(H,2,3,4)/i1D3,2D2,3D2,4D2,5D2,6D2,11D;. The van der Waals surface area contributed by atoms with Gasteiger partial charge in [-0.3, -0.25) is 14.3 Å². The molecular weight excluding hydrogens is 390 g/mol. The van der Waals surface area contributed by atoms with E-state index in [1.807, 2.05) is 0 Å². The molecule has 1 atom stereocenters. The molecule has 0 spiro atoms. The third-order valence-electron chi connectivity index (χ3n) is 2.02. The number of hydrogen-bond acceptors (Lipinski definition) is 7. The molecule has 10 nitrogen and oxygen atoms in total. The lowest BCUT2D eigenvalue weighted by atomic mass is 10.2. The monoisotopic (exact) mass is 431 g/mol. The van der Waals surface area contributed by atoms with Crippen molar-refractivity contribution in [2.75, 3.05) is 19.3 Å². The van der Waals surface area contributed by atoms with E-state index in [9.17, 15) is 18.0 Å². The van der Waals surface area contributed by atoms with E-state index in [4.69, 9.17) is 39.9 Å². The van der Waals surface area contributed by atoms with Gasteiger partial charge in [0.1, 0.15) is 5.75 Å². The van der Waals surface area contributed by atoms with Gasteiger partial charge in [0, 0.05) is 28.0 Å². The van der Waals surface area contributed by atoms with Crippen LogP contribution in [0.3, 0.4) is 0 Å². The number of benzene rings is 1. The van der Waals surface area contributed by atoms with E-state index >= 15 is 0 Å². The summed E-state index contributed by atoms with van der Waals surface area (Å²) >= 11 is 0. The SMILES string of the molecule is CS(=O)(=O)O.[2H]C(N=C(N)N)C([2H])([2H])C([2H])([2H])C([2H])([2H])C([2H])([2H])C(=O)Oc1ccc(C(=O)OC([2H])([2H])C([2H])([2H])[2H])cc1. The Hall–Kier alpha value is -2.66. The van der Waals surface area contributed by atoms with Crippen molar-refractivity contribution in [1.82, 2.24) is 0 Å². The smallest absolute Gasteiger partial charge is 0.338 e. The van der Waals surface area contributed by atoms with Crippen LogP contribution < -0.4 is 16.2 Å². The van der Waals surface area contributed by atoms with Crippen molar-refractivity contribution < 1.29 is 51.2 Å². The molecule has 0 radical (unpaired) electrons. The summed E-state index contributed by atoms with van der Waals surface area (Å²) in [7, 11) is -3.67. The number of aliphatic imine (C=N–C) groups is 1. The summed E-state index contributed by atoms with van der Waals surface area (Å²) in [4.78, 5) is 27.6. The van der Waals surface area contributed by atoms with E-state index in [2.05, 4.69) is 9.73 Å². The van der Waals surface area contributed by atoms with Crippen LogP contribution in [0.5, 0.6) is 5.75 Å². The van der Waals surface area contributed by atoms with Gasteiger partial charge in [0.25, 0.3) is 10.1 Å². The minimum Gasteiger partial charge on any atom is -0.462 e. The molecule has 1 unspecified atom stereocenters. The lowest BCUT2D eigenvalue weighted by molar-refractivity contribution is -0.134. The number of hydrogen-bond donors (Lipinski definition) is 3. The number of carbonyl (C=O) groups excluding carboxylic acids is 2. The molecule has 1 rings (SSSR count). The molecule has 0 saturated carbocycles. The fourth-order valence-corrected chi connectivity index (χ4v) is 1.15. The number of nitrogens with two attached hydrogens (primary N) is 2. The molecular formula is C17H27N3O7S. The highest BCUT2D eigenvalue weighted by Gasteiger charge is 2.08. The van der Waals surface area contributed by atoms with Crippen LogP contribution in [0.25, 0.3) is 0 Å². The zero-order valence-corrected chi connectivity index (χ0v) is 15.1. The van der Waals surface area contributed by atoms with Gasteiger partial charge in [-0.1, -0.05) is 6.37 Å². The third-order valence-corrected chi connectivity index (χ3v) is 2.02. The highest BCUT2D eigenvalue weighted by molar-refractivity contribution is 7.85. The summed E-state index contributed by atoms with van der Waals surface area (Å²) in [6.07, 6.45) is -14.5. The Morgan fingerprint density at radius 1 is 1.21 bits per heavy atom. The van der Waals surface area contributed by atoms with Gasteiger partial charge in [-0.2, -0.15) is 8.42 Å². The Bertz CT molecular complexity index is 1260. The predicted molar refractivity (Wildman–Crippen MR) is 105 cm³/mol. The first-order valence-electron chi connectivity index (χ1n) is 13.9. The van der Waals surface area contributed by atoms with Crippen LogP contribution in [0, 0.1) is 0 Å². The molecule has 0 amide bonds. The van der Waals surface area contributed by atoms with Gasteiger partial charge >= 0.3 is 11.9 Å². The first-order chi connectivity index (χ1) is 18.3. The second-order valence-electron chi connectivity index (χ2n) is 4.34. The predicted octanol–water partition coefficient (Wildman–Crippen LogP) is 1.11. The molecule has 0 bridgehead atoms. The van der Waals surface area contributed by atoms with Crippen molar-refractivity contribution in [3.8, 4) is 5.75 Å². The molecule has 5 N–H and O–H groups in total. The Labute approximate surface area is 184 Å². The summed E-state index contributed by atoms with van der Waals surface area (Å²) in [6.45, 7) is -9.04. The van der Waals surface area contributed by atoms with E-state index in [1.54, 1.807) is 0 Å². The fraction of sp³-hybridized carbons (Fsp3) is 0.471. The van der Waals surface area contributed by atoms with Crippen LogP contribution in [0.2, 0.25) is 0 Å². The first kappa shape index (κ1) is 10.2. The Balaban J connectivity index is 0.00000308. The Morgan fingerprint density at radius 2 is 1.82 bits per heavy atom. The van der Waals surface area contributed by atoms with Gasteiger partial charge in [-0.25, -0.2) is 4.79 Å². The van der Waals surface area contributed by atoms with Crippen molar-refractivity contribution in [3.05, 3.63) is 29.8 Å². The Morgan fingerprint density at radius 3 is 2.36 bits per heavy atom. The number of ether oxygens (including phenoxy) is 2. The van der Waals surface area contributed by atoms with E-state index in [-0.39, 0.29) is 0 Å². The van der Waals surface area contributed by atoms with Gasteiger partial charge in [0.2, 0.25) is 0 Å². The van der Waals surface area contributed by atoms with Gasteiger partial charge < -0.3 is 20.9 Å². The quantitative estimate of drug-likeness (QED) is 0.170. The van der Waals surface area contributed by atoms with Crippen molar-refractivity contribution in [3.63, 3.8) is 0 Å². The van der Waals surface area contributed by atoms with Gasteiger partial charge in [0.05, 0.1) is 22.5 Å². The van der Waals surface area contributed by atoms with Crippen LogP contribution in [-0.4, -0.2) is 50.2 Å². The molecule has 28 heavy (non-hydrogen) atoms. The van der Waals surface area contributed by atoms with Gasteiger partial charge in [0.15, 0.2) is 5.96 Å². The van der Waals surface area contributed by atoms with Crippen LogP contribution in [0.4, 0.5) is 0 Å². The molecule has 0 fully saturated rings. The molecule has 1 aromatic rings. The highest BCUT2D eigenvalue weighted by Crippen LogP contribution is 2.14. The zero-order valence-electron chi connectivity index (χ0n) is 28.3. The molecule has 158 valence electrons. The maximum Gasteiger partial charge on any atom is 0.338 e. The van der Waals surface area contributed by atoms with Crippen LogP contribution in [0.15, 0.2) is 29.3 Å². The summed E-state index contributed by atoms with van der Waals surface area (Å²) in [6, 6.07) is 3.53. The molecule has 0 aliphatic rings. The molecule has 1 aromatic carbocycles. The van der Waals surface area contributed by atoms with Crippen molar-refractivity contribution in [1.29, 1.82) is 0 Å². The minimum atomic E-state index is -3.95. The highest BCUT2D eigenvalue weighted by atomic mass is 32.2. The summed E-state index contributed by atoms with van der Waals surface area (Å²) in [5, 5.41) is 0. The van der Waals surface area contributed by atoms with Crippen molar-refractivity contribution >= 4 is 28.0 Å². The first-order valence-corrected chi connectivity index (χ1v) is 8.67. The van der Waals surface area contributed by atoms with E-state index in [0.717, 1.165) is 24.3 Å². The van der Waals surface area contributed by atoms with E-state index < -0.39 is 84.8 Å².